The zero-order chi connectivity index (χ0) is 12.1. The number of allylic oxidation sites excluding steroid dienone is 1. The fraction of sp³-hybridized carbons (Fsp3) is 0.615. The van der Waals surface area contributed by atoms with Crippen molar-refractivity contribution in [3.63, 3.8) is 0 Å². The highest BCUT2D eigenvalue weighted by Crippen LogP contribution is 2.25. The molecule has 0 unspecified atom stereocenters. The van der Waals surface area contributed by atoms with E-state index in [1.165, 1.54) is 0 Å². The lowest BCUT2D eigenvalue weighted by Crippen LogP contribution is -2.34. The lowest BCUT2D eigenvalue weighted by molar-refractivity contribution is -0.128. The maximum absolute atomic E-state index is 11.7. The Hall–Kier alpha value is -0.570. The summed E-state index contributed by atoms with van der Waals surface area (Å²) in [5.74, 6) is 0.245. The second-order valence-corrected chi connectivity index (χ2v) is 5.38. The maximum Gasteiger partial charge on any atom is 0.223 e. The van der Waals surface area contributed by atoms with Crippen LogP contribution in [0.5, 0.6) is 0 Å². The van der Waals surface area contributed by atoms with E-state index in [0.717, 1.165) is 29.3 Å². The number of hydrogen-bond donors (Lipinski definition) is 0. The van der Waals surface area contributed by atoms with E-state index in [0.29, 0.717) is 13.0 Å². The molecule has 0 aromatic heterocycles. The molecule has 1 atom stereocenters. The zero-order valence-electron chi connectivity index (χ0n) is 10.1. The molecular weight excluding hydrogens is 266 g/mol. The predicted octanol–water partition coefficient (Wildman–Crippen LogP) is 3.63. The van der Waals surface area contributed by atoms with Crippen LogP contribution in [0.2, 0.25) is 0 Å². The van der Waals surface area contributed by atoms with Gasteiger partial charge in [0.15, 0.2) is 0 Å². The minimum atomic E-state index is 0.232. The Morgan fingerprint density at radius 3 is 2.94 bits per heavy atom. The summed E-state index contributed by atoms with van der Waals surface area (Å²) in [7, 11) is 0. The van der Waals surface area contributed by atoms with Gasteiger partial charge in [-0.3, -0.25) is 4.79 Å². The Kier molecular flexibility index (Phi) is 5.26. The van der Waals surface area contributed by atoms with Crippen LogP contribution in [0.1, 0.15) is 39.5 Å². The van der Waals surface area contributed by atoms with Crippen molar-refractivity contribution < 1.29 is 4.79 Å². The fourth-order valence-corrected chi connectivity index (χ4v) is 2.47. The number of carbonyl (C=O) groups is 1. The normalized spacial score (nSPS) is 21.7. The second kappa shape index (κ2) is 6.24. The number of rotatable bonds is 5. The van der Waals surface area contributed by atoms with Gasteiger partial charge in [0.05, 0.1) is 12.6 Å². The molecule has 1 heterocycles. The number of carbonyl (C=O) groups excluding carboxylic acids is 1. The minimum absolute atomic E-state index is 0.232. The first kappa shape index (κ1) is 13.5. The summed E-state index contributed by atoms with van der Waals surface area (Å²) >= 11 is 3.53. The average molecular weight is 286 g/mol. The molecule has 1 rings (SSSR count). The third kappa shape index (κ3) is 3.48. The Balaban J connectivity index is 2.63. The van der Waals surface area contributed by atoms with Gasteiger partial charge in [-0.1, -0.05) is 47.5 Å². The van der Waals surface area contributed by atoms with E-state index in [-0.39, 0.29) is 11.9 Å². The molecule has 16 heavy (non-hydrogen) atoms. The molecule has 1 aliphatic heterocycles. The maximum atomic E-state index is 11.7. The lowest BCUT2D eigenvalue weighted by atomic mass is 10.1. The highest BCUT2D eigenvalue weighted by Gasteiger charge is 2.31. The topological polar surface area (TPSA) is 20.3 Å². The third-order valence-electron chi connectivity index (χ3n) is 2.87. The van der Waals surface area contributed by atoms with Gasteiger partial charge in [-0.2, -0.15) is 0 Å². The molecule has 0 N–H and O–H groups in total. The van der Waals surface area contributed by atoms with Crippen molar-refractivity contribution in [1.82, 2.24) is 4.90 Å². The van der Waals surface area contributed by atoms with Gasteiger partial charge < -0.3 is 4.90 Å². The fourth-order valence-electron chi connectivity index (χ4n) is 1.97. The summed E-state index contributed by atoms with van der Waals surface area (Å²) < 4.78 is 1.11. The second-order valence-electron chi connectivity index (χ2n) is 4.36. The Morgan fingerprint density at radius 1 is 1.69 bits per heavy atom. The van der Waals surface area contributed by atoms with Gasteiger partial charge in [0, 0.05) is 10.9 Å². The Morgan fingerprint density at radius 2 is 2.38 bits per heavy atom. The van der Waals surface area contributed by atoms with Crippen LogP contribution >= 0.6 is 15.9 Å². The molecule has 0 aromatic carbocycles. The number of halogens is 1. The molecule has 0 aromatic rings. The quantitative estimate of drug-likeness (QED) is 0.707. The molecule has 90 valence electrons. The van der Waals surface area contributed by atoms with Crippen LogP contribution < -0.4 is 0 Å². The van der Waals surface area contributed by atoms with Gasteiger partial charge in [0.2, 0.25) is 5.91 Å². The van der Waals surface area contributed by atoms with Crippen molar-refractivity contribution in [2.45, 2.75) is 45.6 Å². The average Bonchev–Trinajstić information content (AvgIpc) is 2.58. The zero-order valence-corrected chi connectivity index (χ0v) is 11.7. The van der Waals surface area contributed by atoms with Gasteiger partial charge in [0.25, 0.3) is 0 Å². The van der Waals surface area contributed by atoms with Crippen LogP contribution in [0.25, 0.3) is 0 Å². The van der Waals surface area contributed by atoms with Crippen LogP contribution in [-0.2, 0) is 4.79 Å². The molecular formula is C13H20BrNO. The highest BCUT2D eigenvalue weighted by atomic mass is 79.9. The van der Waals surface area contributed by atoms with Gasteiger partial charge in [-0.25, -0.2) is 0 Å². The summed E-state index contributed by atoms with van der Waals surface area (Å²) in [6.45, 7) is 8.80. The first-order valence-corrected chi connectivity index (χ1v) is 6.65. The minimum Gasteiger partial charge on any atom is -0.331 e. The molecule has 3 heteroatoms. The van der Waals surface area contributed by atoms with E-state index in [1.807, 2.05) is 11.8 Å². The van der Waals surface area contributed by atoms with E-state index in [2.05, 4.69) is 35.5 Å². The molecule has 1 aliphatic rings. The summed E-state index contributed by atoms with van der Waals surface area (Å²) in [5, 5.41) is 0. The SMILES string of the molecule is C=C(C)[C@@H]1CCC(=O)N1C/C(Br)=C/CCC. The van der Waals surface area contributed by atoms with E-state index in [4.69, 9.17) is 0 Å². The molecule has 1 saturated heterocycles. The van der Waals surface area contributed by atoms with Crippen LogP contribution in [0.4, 0.5) is 0 Å². The highest BCUT2D eigenvalue weighted by molar-refractivity contribution is 9.11. The van der Waals surface area contributed by atoms with Crippen LogP contribution in [0.15, 0.2) is 22.7 Å². The van der Waals surface area contributed by atoms with E-state index >= 15 is 0 Å². The van der Waals surface area contributed by atoms with Crippen molar-refractivity contribution in [1.29, 1.82) is 0 Å². The van der Waals surface area contributed by atoms with Crippen LogP contribution in [-0.4, -0.2) is 23.4 Å². The van der Waals surface area contributed by atoms with Crippen molar-refractivity contribution in [3.05, 3.63) is 22.7 Å². The summed E-state index contributed by atoms with van der Waals surface area (Å²) in [6.07, 6.45) is 5.92. The summed E-state index contributed by atoms with van der Waals surface area (Å²) in [6, 6.07) is 0.232. The standard InChI is InChI=1S/C13H20BrNO/c1-4-5-6-11(14)9-15-12(10(2)3)7-8-13(15)16/h6,12H,2,4-5,7-9H2,1,3H3/b11-6-/t12-/m0/s1. The number of likely N-dealkylation sites (tertiary alicyclic amines) is 1. The third-order valence-corrected chi connectivity index (χ3v) is 3.45. The first-order valence-electron chi connectivity index (χ1n) is 5.85. The molecule has 0 bridgehead atoms. The van der Waals surface area contributed by atoms with Gasteiger partial charge in [0.1, 0.15) is 0 Å². The smallest absolute Gasteiger partial charge is 0.223 e. The number of amides is 1. The molecule has 1 amide bonds. The molecule has 1 fully saturated rings. The van der Waals surface area contributed by atoms with Crippen molar-refractivity contribution >= 4 is 21.8 Å². The van der Waals surface area contributed by atoms with Crippen molar-refractivity contribution in [2.24, 2.45) is 0 Å². The van der Waals surface area contributed by atoms with Gasteiger partial charge in [-0.15, -0.1) is 0 Å². The van der Waals surface area contributed by atoms with E-state index in [9.17, 15) is 4.79 Å². The van der Waals surface area contributed by atoms with Gasteiger partial charge in [-0.05, 0) is 19.8 Å². The predicted molar refractivity (Wildman–Crippen MR) is 71.5 cm³/mol. The van der Waals surface area contributed by atoms with Gasteiger partial charge >= 0.3 is 0 Å². The van der Waals surface area contributed by atoms with Crippen molar-refractivity contribution in [3.8, 4) is 0 Å². The number of nitrogens with zero attached hydrogens (tertiary/aromatic N) is 1. The Bertz CT molecular complexity index is 309. The molecule has 0 spiro atoms. The number of hydrogen-bond acceptors (Lipinski definition) is 1. The number of unbranched alkanes of at least 4 members (excludes halogenated alkanes) is 1. The summed E-state index contributed by atoms with van der Waals surface area (Å²) in [4.78, 5) is 13.7. The van der Waals surface area contributed by atoms with E-state index in [1.54, 1.807) is 0 Å². The molecule has 2 nitrogen and oxygen atoms in total. The Labute approximate surface area is 107 Å². The monoisotopic (exact) mass is 285 g/mol. The largest absolute Gasteiger partial charge is 0.331 e. The molecule has 0 radical (unpaired) electrons. The van der Waals surface area contributed by atoms with E-state index < -0.39 is 0 Å². The summed E-state index contributed by atoms with van der Waals surface area (Å²) in [5.41, 5.74) is 1.08. The first-order chi connectivity index (χ1) is 7.56. The lowest BCUT2D eigenvalue weighted by Gasteiger charge is -2.25. The van der Waals surface area contributed by atoms with Crippen LogP contribution in [0.3, 0.4) is 0 Å². The molecule has 0 aliphatic carbocycles. The van der Waals surface area contributed by atoms with Crippen LogP contribution in [0, 0.1) is 0 Å². The molecule has 0 saturated carbocycles. The van der Waals surface area contributed by atoms with Crippen molar-refractivity contribution in [2.75, 3.05) is 6.54 Å².